The van der Waals surface area contributed by atoms with E-state index in [1.54, 1.807) is 10.9 Å². The summed E-state index contributed by atoms with van der Waals surface area (Å²) < 4.78 is 23.1. The smallest absolute Gasteiger partial charge is 0.181 e. The van der Waals surface area contributed by atoms with Crippen LogP contribution in [0.2, 0.25) is 0 Å². The molecule has 0 radical (unpaired) electrons. The van der Waals surface area contributed by atoms with Gasteiger partial charge in [0.1, 0.15) is 5.69 Å². The van der Waals surface area contributed by atoms with Gasteiger partial charge in [-0.1, -0.05) is 5.21 Å². The highest BCUT2D eigenvalue weighted by atomic mass is 16.6. The average Bonchev–Trinajstić information content (AvgIpc) is 3.04. The number of nitrogens with zero attached hydrogens (tertiary/aromatic N) is 3. The van der Waals surface area contributed by atoms with Crippen molar-refractivity contribution in [2.75, 3.05) is 66.4 Å². The minimum atomic E-state index is -0.0951. The molecule has 138 valence electrons. The first kappa shape index (κ1) is 20.7. The summed E-state index contributed by atoms with van der Waals surface area (Å²) in [5.41, 5.74) is 0.366. The first-order chi connectivity index (χ1) is 11.7. The van der Waals surface area contributed by atoms with Gasteiger partial charge < -0.3 is 24.3 Å². The summed E-state index contributed by atoms with van der Waals surface area (Å²) in [7, 11) is 1.89. The molecule has 1 rings (SSSR count). The number of hydrogen-bond acceptors (Lipinski definition) is 8. The van der Waals surface area contributed by atoms with Crippen molar-refractivity contribution in [3.63, 3.8) is 0 Å². The van der Waals surface area contributed by atoms with Crippen LogP contribution in [-0.2, 0) is 25.5 Å². The Balaban J connectivity index is 1.81. The van der Waals surface area contributed by atoms with Crippen molar-refractivity contribution in [3.05, 3.63) is 11.9 Å². The van der Waals surface area contributed by atoms with E-state index >= 15 is 0 Å². The molecule has 0 saturated carbocycles. The Morgan fingerprint density at radius 3 is 2.04 bits per heavy atom. The molecule has 0 aliphatic rings. The monoisotopic (exact) mass is 344 g/mol. The molecule has 1 aromatic rings. The number of carbonyl (C=O) groups excluding carboxylic acids is 1. The summed E-state index contributed by atoms with van der Waals surface area (Å²) >= 11 is 0. The Morgan fingerprint density at radius 1 is 1.00 bits per heavy atom. The van der Waals surface area contributed by atoms with E-state index in [-0.39, 0.29) is 5.78 Å². The predicted molar refractivity (Wildman–Crippen MR) is 87.2 cm³/mol. The van der Waals surface area contributed by atoms with Gasteiger partial charge in [-0.05, 0) is 7.05 Å². The fraction of sp³-hybridized carbons (Fsp3) is 0.800. The summed E-state index contributed by atoms with van der Waals surface area (Å²) in [6.07, 6.45) is 1.61. The third kappa shape index (κ3) is 10.4. The second-order valence-electron chi connectivity index (χ2n) is 4.98. The van der Waals surface area contributed by atoms with Crippen LogP contribution in [0.5, 0.6) is 0 Å². The van der Waals surface area contributed by atoms with Crippen molar-refractivity contribution in [2.24, 2.45) is 0 Å². The summed E-state index contributed by atoms with van der Waals surface area (Å²) in [5, 5.41) is 10.6. The molecule has 1 aromatic heterocycles. The van der Waals surface area contributed by atoms with E-state index in [2.05, 4.69) is 15.6 Å². The van der Waals surface area contributed by atoms with E-state index in [1.807, 2.05) is 7.05 Å². The van der Waals surface area contributed by atoms with Crippen molar-refractivity contribution in [1.29, 1.82) is 0 Å². The van der Waals surface area contributed by atoms with Gasteiger partial charge in [0.05, 0.1) is 65.6 Å². The number of hydrogen-bond donors (Lipinski definition) is 1. The number of Topliss-reactive ketones (excluding diaryl/α,β-unsaturated/α-hetero) is 1. The molecule has 9 heteroatoms. The van der Waals surface area contributed by atoms with Gasteiger partial charge in [0, 0.05) is 13.5 Å². The second-order valence-corrected chi connectivity index (χ2v) is 4.98. The minimum Gasteiger partial charge on any atom is -0.378 e. The van der Waals surface area contributed by atoms with E-state index in [4.69, 9.17) is 18.9 Å². The van der Waals surface area contributed by atoms with Gasteiger partial charge in [0.15, 0.2) is 5.78 Å². The summed E-state index contributed by atoms with van der Waals surface area (Å²) in [6, 6.07) is 0. The van der Waals surface area contributed by atoms with Crippen LogP contribution in [0.1, 0.15) is 17.4 Å². The number of likely N-dealkylation sites (N-methyl/N-ethyl adjacent to an activating group) is 1. The molecule has 0 spiro atoms. The molecule has 0 aliphatic carbocycles. The first-order valence-electron chi connectivity index (χ1n) is 8.10. The molecule has 0 aromatic carbocycles. The number of nitrogens with one attached hydrogen (secondary N) is 1. The van der Waals surface area contributed by atoms with Crippen LogP contribution in [0, 0.1) is 0 Å². The molecule has 0 amide bonds. The fourth-order valence-electron chi connectivity index (χ4n) is 1.66. The lowest BCUT2D eigenvalue weighted by molar-refractivity contribution is -0.00234. The lowest BCUT2D eigenvalue weighted by atomic mass is 10.3. The number of carbonyl (C=O) groups is 1. The van der Waals surface area contributed by atoms with Crippen molar-refractivity contribution in [1.82, 2.24) is 20.3 Å². The Labute approximate surface area is 142 Å². The van der Waals surface area contributed by atoms with Gasteiger partial charge >= 0.3 is 0 Å². The van der Waals surface area contributed by atoms with E-state index in [0.717, 1.165) is 6.54 Å². The molecular weight excluding hydrogens is 316 g/mol. The Hall–Kier alpha value is -1.39. The SMILES string of the molecule is CNCCOCCOCCOCCOCCn1cc(C(C)=O)nn1. The van der Waals surface area contributed by atoms with Crippen LogP contribution in [-0.4, -0.2) is 87.2 Å². The van der Waals surface area contributed by atoms with E-state index < -0.39 is 0 Å². The standard InChI is InChI=1S/C15H28N4O5/c1-14(20)15-13-19(18-17-15)4-6-22-8-10-24-12-11-23-9-7-21-5-3-16-2/h13,16H,3-12H2,1-2H3. The third-order valence-corrected chi connectivity index (χ3v) is 2.98. The van der Waals surface area contributed by atoms with Gasteiger partial charge in [-0.2, -0.15) is 0 Å². The van der Waals surface area contributed by atoms with E-state index in [1.165, 1.54) is 6.92 Å². The molecule has 0 saturated heterocycles. The van der Waals surface area contributed by atoms with E-state index in [9.17, 15) is 4.79 Å². The zero-order chi connectivity index (χ0) is 17.5. The number of rotatable bonds is 16. The molecule has 0 aliphatic heterocycles. The molecule has 1 N–H and O–H groups in total. The van der Waals surface area contributed by atoms with Crippen LogP contribution >= 0.6 is 0 Å². The Kier molecular flexibility index (Phi) is 12.0. The van der Waals surface area contributed by atoms with E-state index in [0.29, 0.717) is 65.1 Å². The third-order valence-electron chi connectivity index (χ3n) is 2.98. The summed E-state index contributed by atoms with van der Waals surface area (Å²) in [4.78, 5) is 11.1. The highest BCUT2D eigenvalue weighted by Gasteiger charge is 2.04. The number of aromatic nitrogens is 3. The summed E-state index contributed by atoms with van der Waals surface area (Å²) in [5.74, 6) is -0.0951. The highest BCUT2D eigenvalue weighted by Crippen LogP contribution is 1.94. The maximum absolute atomic E-state index is 11.1. The molecular formula is C15H28N4O5. The van der Waals surface area contributed by atoms with Gasteiger partial charge in [0.2, 0.25) is 0 Å². The number of ketones is 1. The van der Waals surface area contributed by atoms with Crippen LogP contribution in [0.3, 0.4) is 0 Å². The zero-order valence-corrected chi connectivity index (χ0v) is 14.5. The predicted octanol–water partition coefficient (Wildman–Crippen LogP) is -0.233. The lowest BCUT2D eigenvalue weighted by Gasteiger charge is -2.07. The molecule has 9 nitrogen and oxygen atoms in total. The maximum Gasteiger partial charge on any atom is 0.181 e. The Bertz CT molecular complexity index is 441. The van der Waals surface area contributed by atoms with Gasteiger partial charge in [0.25, 0.3) is 0 Å². The molecule has 0 atom stereocenters. The minimum absolute atomic E-state index is 0.0951. The molecule has 0 fully saturated rings. The fourth-order valence-corrected chi connectivity index (χ4v) is 1.66. The quantitative estimate of drug-likeness (QED) is 0.324. The van der Waals surface area contributed by atoms with Crippen molar-refractivity contribution >= 4 is 5.78 Å². The molecule has 1 heterocycles. The topological polar surface area (TPSA) is 96.7 Å². The molecule has 0 bridgehead atoms. The second kappa shape index (κ2) is 14.0. The highest BCUT2D eigenvalue weighted by molar-refractivity contribution is 5.91. The zero-order valence-electron chi connectivity index (χ0n) is 14.5. The van der Waals surface area contributed by atoms with Gasteiger partial charge in [-0.15, -0.1) is 5.10 Å². The van der Waals surface area contributed by atoms with Crippen LogP contribution in [0.15, 0.2) is 6.20 Å². The maximum atomic E-state index is 11.1. The van der Waals surface area contributed by atoms with Crippen LogP contribution in [0.4, 0.5) is 0 Å². The lowest BCUT2D eigenvalue weighted by Crippen LogP contribution is -2.17. The molecule has 0 unspecified atom stereocenters. The average molecular weight is 344 g/mol. The van der Waals surface area contributed by atoms with Crippen molar-refractivity contribution in [2.45, 2.75) is 13.5 Å². The number of ether oxygens (including phenoxy) is 4. The first-order valence-corrected chi connectivity index (χ1v) is 8.10. The van der Waals surface area contributed by atoms with Crippen molar-refractivity contribution < 1.29 is 23.7 Å². The normalized spacial score (nSPS) is 11.1. The van der Waals surface area contributed by atoms with Crippen molar-refractivity contribution in [3.8, 4) is 0 Å². The molecule has 24 heavy (non-hydrogen) atoms. The van der Waals surface area contributed by atoms with Crippen LogP contribution in [0.25, 0.3) is 0 Å². The largest absolute Gasteiger partial charge is 0.378 e. The Morgan fingerprint density at radius 2 is 1.54 bits per heavy atom. The van der Waals surface area contributed by atoms with Gasteiger partial charge in [-0.3, -0.25) is 4.79 Å². The van der Waals surface area contributed by atoms with Gasteiger partial charge in [-0.25, -0.2) is 4.68 Å². The van der Waals surface area contributed by atoms with Crippen LogP contribution < -0.4 is 5.32 Å². The summed E-state index contributed by atoms with van der Waals surface area (Å²) in [6.45, 7) is 7.30.